The van der Waals surface area contributed by atoms with Crippen LogP contribution in [0.3, 0.4) is 0 Å². The number of hydrogen-bond donors (Lipinski definition) is 0. The van der Waals surface area contributed by atoms with Crippen LogP contribution in [0.5, 0.6) is 0 Å². The third-order valence-electron chi connectivity index (χ3n) is 15.4. The summed E-state index contributed by atoms with van der Waals surface area (Å²) in [7, 11) is 0. The summed E-state index contributed by atoms with van der Waals surface area (Å²) < 4.78 is 7.40. The fraction of sp³-hybridized carbons (Fsp3) is 0.0429. The second kappa shape index (κ2) is 17.9. The molecule has 2 aliphatic carbocycles. The Morgan fingerprint density at radius 1 is 0.368 bits per heavy atom. The SMILES string of the molecule is C1=CCC=C(n2c3ccc(-c4ccc(-c5nc(-c6ccccc6)nc(-c6ccccc6)n5)cc4-n4c5ccccc5c5ccccc54)cc3c3cc(-c4cccc5c6c(n(-c7ccccc7)c45)CCC=C6)ccc32)C=C1. The minimum atomic E-state index is 0.608. The van der Waals surface area contributed by atoms with Gasteiger partial charge in [-0.2, -0.15) is 0 Å². The zero-order valence-corrected chi connectivity index (χ0v) is 41.6. The molecule has 76 heavy (non-hydrogen) atoms. The second-order valence-corrected chi connectivity index (χ2v) is 19.8. The molecule has 13 aromatic rings. The van der Waals surface area contributed by atoms with Gasteiger partial charge in [0.15, 0.2) is 17.5 Å². The van der Waals surface area contributed by atoms with Crippen molar-refractivity contribution in [3.8, 4) is 67.8 Å². The van der Waals surface area contributed by atoms with E-state index < -0.39 is 0 Å². The smallest absolute Gasteiger partial charge is 0.164 e. The van der Waals surface area contributed by atoms with E-state index >= 15 is 0 Å². The Balaban J connectivity index is 0.980. The summed E-state index contributed by atoms with van der Waals surface area (Å²) in [5.41, 5.74) is 19.3. The standard InChI is InChI=1S/C70H48N6/c1-2-11-26-51(25-10-1)74-64-41-38-48(43-59(64)60-44-49(39-42-65(60)74)54-32-20-33-58-57-31-16-17-34-61(57)75(67(54)58)52-27-12-5-13-28-52)53-40-37-50(45-66(53)76-62-35-18-14-29-55(62)56-30-15-19-36-63(56)76)70-72-68(46-21-6-3-7-22-46)71-69(73-70)47-23-8-4-9-24-47/h1-10,12-16,18-33,35-45H,11,17,34H2. The van der Waals surface area contributed by atoms with Crippen LogP contribution < -0.4 is 0 Å². The van der Waals surface area contributed by atoms with E-state index in [-0.39, 0.29) is 0 Å². The van der Waals surface area contributed by atoms with Crippen LogP contribution in [0.1, 0.15) is 24.1 Å². The van der Waals surface area contributed by atoms with Gasteiger partial charge >= 0.3 is 0 Å². The predicted octanol–water partition coefficient (Wildman–Crippen LogP) is 17.7. The third-order valence-corrected chi connectivity index (χ3v) is 15.4. The Kier molecular flexibility index (Phi) is 10.3. The van der Waals surface area contributed by atoms with Crippen molar-refractivity contribution in [2.24, 2.45) is 0 Å². The lowest BCUT2D eigenvalue weighted by Gasteiger charge is -2.17. The van der Waals surface area contributed by atoms with E-state index in [1.807, 2.05) is 36.4 Å². The van der Waals surface area contributed by atoms with Crippen molar-refractivity contribution in [1.82, 2.24) is 28.7 Å². The van der Waals surface area contributed by atoms with Crippen LogP contribution in [0.4, 0.5) is 0 Å². The Morgan fingerprint density at radius 3 is 1.61 bits per heavy atom. The fourth-order valence-electron chi connectivity index (χ4n) is 12.0. The van der Waals surface area contributed by atoms with Gasteiger partial charge in [0.25, 0.3) is 0 Å². The molecule has 0 spiro atoms. The highest BCUT2D eigenvalue weighted by Crippen LogP contribution is 2.44. The van der Waals surface area contributed by atoms with Gasteiger partial charge in [0.2, 0.25) is 0 Å². The van der Waals surface area contributed by atoms with Gasteiger partial charge in [-0.3, -0.25) is 0 Å². The van der Waals surface area contributed by atoms with Gasteiger partial charge in [0.05, 0.1) is 33.3 Å². The first kappa shape index (κ1) is 43.7. The van der Waals surface area contributed by atoms with E-state index in [0.29, 0.717) is 17.5 Å². The van der Waals surface area contributed by atoms with Crippen LogP contribution in [-0.2, 0) is 6.42 Å². The lowest BCUT2D eigenvalue weighted by molar-refractivity contribution is 0.889. The van der Waals surface area contributed by atoms with Crippen molar-refractivity contribution < 1.29 is 0 Å². The first-order chi connectivity index (χ1) is 37.7. The monoisotopic (exact) mass is 972 g/mol. The molecule has 358 valence electrons. The van der Waals surface area contributed by atoms with Gasteiger partial charge in [-0.15, -0.1) is 0 Å². The molecule has 0 atom stereocenters. The van der Waals surface area contributed by atoms with E-state index in [1.54, 1.807) is 0 Å². The summed E-state index contributed by atoms with van der Waals surface area (Å²) in [4.78, 5) is 15.5. The zero-order chi connectivity index (χ0) is 50.1. The van der Waals surface area contributed by atoms with Gasteiger partial charge in [-0.05, 0) is 91.1 Å². The first-order valence-electron chi connectivity index (χ1n) is 26.2. The number of para-hydroxylation sites is 4. The lowest BCUT2D eigenvalue weighted by atomic mass is 9.96. The molecule has 0 bridgehead atoms. The summed E-state index contributed by atoms with van der Waals surface area (Å²) in [5, 5.41) is 6.06. The Labute approximate surface area is 439 Å². The van der Waals surface area contributed by atoms with Crippen molar-refractivity contribution in [2.75, 3.05) is 0 Å². The zero-order valence-electron chi connectivity index (χ0n) is 41.6. The summed E-state index contributed by atoms with van der Waals surface area (Å²) in [6, 6.07) is 76.5. The van der Waals surface area contributed by atoms with Gasteiger partial charge in [0.1, 0.15) is 0 Å². The molecule has 2 aliphatic rings. The normalized spacial score (nSPS) is 13.3. The van der Waals surface area contributed by atoms with E-state index in [9.17, 15) is 0 Å². The summed E-state index contributed by atoms with van der Waals surface area (Å²) in [5.74, 6) is 1.86. The fourth-order valence-corrected chi connectivity index (χ4v) is 12.0. The molecular weight excluding hydrogens is 925 g/mol. The van der Waals surface area contributed by atoms with Gasteiger partial charge in [0, 0.05) is 77.4 Å². The van der Waals surface area contributed by atoms with Crippen LogP contribution in [-0.4, -0.2) is 28.7 Å². The molecule has 4 heterocycles. The van der Waals surface area contributed by atoms with Crippen molar-refractivity contribution in [3.05, 3.63) is 260 Å². The lowest BCUT2D eigenvalue weighted by Crippen LogP contribution is -2.03. The first-order valence-corrected chi connectivity index (χ1v) is 26.2. The second-order valence-electron chi connectivity index (χ2n) is 19.8. The highest BCUT2D eigenvalue weighted by Gasteiger charge is 2.24. The molecule has 0 radical (unpaired) electrons. The topological polar surface area (TPSA) is 53.5 Å². The highest BCUT2D eigenvalue weighted by molar-refractivity contribution is 6.15. The minimum absolute atomic E-state index is 0.608. The molecule has 0 saturated carbocycles. The van der Waals surface area contributed by atoms with E-state index in [4.69, 9.17) is 15.0 Å². The molecule has 0 saturated heterocycles. The maximum atomic E-state index is 5.22. The molecule has 15 rings (SSSR count). The van der Waals surface area contributed by atoms with Gasteiger partial charge < -0.3 is 13.7 Å². The molecule has 6 heteroatoms. The van der Waals surface area contributed by atoms with Crippen LogP contribution in [0, 0.1) is 0 Å². The third kappa shape index (κ3) is 7.13. The Hall–Kier alpha value is -9.91. The summed E-state index contributed by atoms with van der Waals surface area (Å²) in [6.07, 6.45) is 18.6. The van der Waals surface area contributed by atoms with Crippen molar-refractivity contribution in [3.63, 3.8) is 0 Å². The maximum Gasteiger partial charge on any atom is 0.164 e. The number of fused-ring (bicyclic) bond motifs is 9. The summed E-state index contributed by atoms with van der Waals surface area (Å²) in [6.45, 7) is 0. The molecule has 0 unspecified atom stereocenters. The van der Waals surface area contributed by atoms with Crippen molar-refractivity contribution >= 4 is 66.3 Å². The summed E-state index contributed by atoms with van der Waals surface area (Å²) >= 11 is 0. The van der Waals surface area contributed by atoms with Crippen LogP contribution >= 0.6 is 0 Å². The predicted molar refractivity (Wildman–Crippen MR) is 316 cm³/mol. The molecule has 9 aromatic carbocycles. The van der Waals surface area contributed by atoms with E-state index in [2.05, 4.69) is 232 Å². The van der Waals surface area contributed by atoms with E-state index in [1.165, 1.54) is 60.5 Å². The number of allylic oxidation sites excluding steroid dienone is 7. The number of nitrogens with zero attached hydrogens (tertiary/aromatic N) is 6. The average Bonchev–Trinajstić information content (AvgIpc) is 4.03. The van der Waals surface area contributed by atoms with Crippen LogP contribution in [0.2, 0.25) is 0 Å². The van der Waals surface area contributed by atoms with Gasteiger partial charge in [-0.25, -0.2) is 15.0 Å². The van der Waals surface area contributed by atoms with Crippen LogP contribution in [0.15, 0.2) is 249 Å². The number of aromatic nitrogens is 6. The molecular formula is C70H48N6. The number of hydrogen-bond acceptors (Lipinski definition) is 3. The largest absolute Gasteiger partial charge is 0.312 e. The molecule has 0 amide bonds. The molecule has 4 aromatic heterocycles. The van der Waals surface area contributed by atoms with E-state index in [0.717, 1.165) is 80.5 Å². The van der Waals surface area contributed by atoms with Gasteiger partial charge in [-0.1, -0.05) is 194 Å². The number of rotatable bonds is 8. The molecule has 0 fully saturated rings. The molecule has 0 aliphatic heterocycles. The van der Waals surface area contributed by atoms with Crippen LogP contribution in [0.25, 0.3) is 134 Å². The number of benzene rings is 9. The highest BCUT2D eigenvalue weighted by atomic mass is 15.0. The maximum absolute atomic E-state index is 5.22. The average molecular weight is 973 g/mol. The minimum Gasteiger partial charge on any atom is -0.312 e. The van der Waals surface area contributed by atoms with Crippen molar-refractivity contribution in [1.29, 1.82) is 0 Å². The quantitative estimate of drug-likeness (QED) is 0.152. The Bertz CT molecular complexity index is 4470. The van der Waals surface area contributed by atoms with Crippen molar-refractivity contribution in [2.45, 2.75) is 19.3 Å². The molecule has 6 nitrogen and oxygen atoms in total. The Morgan fingerprint density at radius 2 is 0.934 bits per heavy atom. The molecule has 0 N–H and O–H groups in total.